The Morgan fingerprint density at radius 2 is 0.949 bits per heavy atom. The molecule has 0 fully saturated rings. The summed E-state index contributed by atoms with van der Waals surface area (Å²) in [5, 5.41) is 0. The molecule has 0 aromatic heterocycles. The predicted octanol–water partition coefficient (Wildman–Crippen LogP) is 7.06. The van der Waals surface area contributed by atoms with Gasteiger partial charge >= 0.3 is 59.8 Å². The van der Waals surface area contributed by atoms with E-state index < -0.39 is 85.5 Å². The molecule has 0 aliphatic heterocycles. The maximum absolute atomic E-state index is 13.7. The zero-order valence-corrected chi connectivity index (χ0v) is 17.8. The van der Waals surface area contributed by atoms with E-state index in [4.69, 9.17) is 0 Å². The zero-order chi connectivity index (χ0) is 31.9. The molecule has 0 aliphatic rings. The molecule has 0 bridgehead atoms. The van der Waals surface area contributed by atoms with E-state index >= 15 is 0 Å². The summed E-state index contributed by atoms with van der Waals surface area (Å²) in [6.45, 7) is -3.31. The van der Waals surface area contributed by atoms with Gasteiger partial charge in [0, 0.05) is 6.08 Å². The Bertz CT molecular complexity index is 871. The van der Waals surface area contributed by atoms with Crippen molar-refractivity contribution in [3.63, 3.8) is 0 Å². The van der Waals surface area contributed by atoms with Crippen LogP contribution in [0.3, 0.4) is 0 Å². The molecule has 0 amide bonds. The van der Waals surface area contributed by atoms with Crippen LogP contribution in [0.2, 0.25) is 0 Å². The van der Waals surface area contributed by atoms with Crippen molar-refractivity contribution in [2.24, 2.45) is 0 Å². The Morgan fingerprint density at radius 3 is 1.31 bits per heavy atom. The van der Waals surface area contributed by atoms with Crippen LogP contribution >= 0.6 is 0 Å². The quantitative estimate of drug-likeness (QED) is 0.124. The maximum atomic E-state index is 13.7. The summed E-state index contributed by atoms with van der Waals surface area (Å²) in [6, 6.07) is 0. The molecule has 0 spiro atoms. The molecule has 0 rings (SSSR count). The highest BCUT2D eigenvalue weighted by atomic mass is 19.4. The summed E-state index contributed by atoms with van der Waals surface area (Å²) in [7, 11) is 0. The summed E-state index contributed by atoms with van der Waals surface area (Å²) >= 11 is 0. The van der Waals surface area contributed by atoms with Crippen molar-refractivity contribution in [1.29, 1.82) is 0 Å². The van der Waals surface area contributed by atoms with Gasteiger partial charge < -0.3 is 9.47 Å². The van der Waals surface area contributed by atoms with Crippen molar-refractivity contribution >= 4 is 5.97 Å². The lowest BCUT2D eigenvalue weighted by molar-refractivity contribution is -0.424. The van der Waals surface area contributed by atoms with E-state index in [-0.39, 0.29) is 6.08 Å². The highest BCUT2D eigenvalue weighted by molar-refractivity contribution is 5.81. The molecule has 0 saturated carbocycles. The fraction of sp³-hybridized carbons (Fsp3) is 0.812. The Balaban J connectivity index is 6.04. The highest BCUT2D eigenvalue weighted by Gasteiger charge is 2.87. The van der Waals surface area contributed by atoms with Gasteiger partial charge in [-0.05, 0) is 0 Å². The summed E-state index contributed by atoms with van der Waals surface area (Å²) in [5.41, 5.74) is 0. The Morgan fingerprint density at radius 1 is 0.590 bits per heavy atom. The van der Waals surface area contributed by atoms with E-state index in [2.05, 4.69) is 16.1 Å². The molecule has 1 unspecified atom stereocenters. The van der Waals surface area contributed by atoms with Gasteiger partial charge in [-0.15, -0.1) is 0 Å². The fourth-order valence-electron chi connectivity index (χ4n) is 2.18. The fourth-order valence-corrected chi connectivity index (χ4v) is 2.18. The Kier molecular flexibility index (Phi) is 10.0. The van der Waals surface area contributed by atoms with Crippen LogP contribution in [-0.2, 0) is 14.3 Å². The van der Waals surface area contributed by atoms with Crippen LogP contribution in [0.4, 0.5) is 87.8 Å². The number of carbonyl (C=O) groups is 1. The van der Waals surface area contributed by atoms with Crippen LogP contribution in [-0.4, -0.2) is 79.1 Å². The summed E-state index contributed by atoms with van der Waals surface area (Å²) in [6.07, 6.45) is -21.5. The van der Waals surface area contributed by atoms with Crippen molar-refractivity contribution in [3.05, 3.63) is 12.7 Å². The molecule has 0 radical (unpaired) electrons. The number of ether oxygens (including phenoxy) is 2. The summed E-state index contributed by atoms with van der Waals surface area (Å²) < 4.78 is 265. The average Bonchev–Trinajstić information content (AvgIpc) is 2.70. The smallest absolute Gasteiger partial charge is 0.457 e. The first-order valence-electron chi connectivity index (χ1n) is 8.97. The summed E-state index contributed by atoms with van der Waals surface area (Å²) in [5.74, 6) is -53.8. The number of hydrogen-bond acceptors (Lipinski definition) is 3. The third-order valence-corrected chi connectivity index (χ3v) is 4.33. The number of esters is 1. The van der Waals surface area contributed by atoms with E-state index in [1.54, 1.807) is 0 Å². The van der Waals surface area contributed by atoms with Gasteiger partial charge in [0.05, 0.1) is 13.0 Å². The van der Waals surface area contributed by atoms with Crippen molar-refractivity contribution in [3.8, 4) is 0 Å². The van der Waals surface area contributed by atoms with Gasteiger partial charge in [-0.25, -0.2) is 4.79 Å². The van der Waals surface area contributed by atoms with E-state index in [0.717, 1.165) is 0 Å². The molecule has 3 nitrogen and oxygen atoms in total. The average molecular weight is 630 g/mol. The topological polar surface area (TPSA) is 35.5 Å². The second-order valence-corrected chi connectivity index (χ2v) is 7.26. The number of carbonyl (C=O) groups excluding carboxylic acids is 1. The number of rotatable bonds is 13. The molecule has 23 heteroatoms. The molecular weight excluding hydrogens is 620 g/mol. The van der Waals surface area contributed by atoms with Gasteiger partial charge in [0.1, 0.15) is 12.7 Å². The van der Waals surface area contributed by atoms with Gasteiger partial charge in [0.2, 0.25) is 0 Å². The van der Waals surface area contributed by atoms with Crippen LogP contribution in [0.15, 0.2) is 12.7 Å². The molecular formula is C16H10F20O3. The zero-order valence-electron chi connectivity index (χ0n) is 17.8. The van der Waals surface area contributed by atoms with Gasteiger partial charge in [-0.1, -0.05) is 6.58 Å². The molecule has 39 heavy (non-hydrogen) atoms. The third kappa shape index (κ3) is 6.57. The van der Waals surface area contributed by atoms with Crippen LogP contribution in [0.5, 0.6) is 0 Å². The van der Waals surface area contributed by atoms with Crippen LogP contribution in [0.1, 0.15) is 6.42 Å². The lowest BCUT2D eigenvalue weighted by Crippen LogP contribution is -2.67. The SMILES string of the molecule is C=CC(=O)OC(COCC(F)(F)C(F)(F)C(F)(F)C(F)(F)C(F)(F)F)CC(F)(F)C(F)(F)C(F)(F)C(F)(F)F. The molecule has 0 N–H and O–H groups in total. The second kappa shape index (κ2) is 10.6. The molecule has 232 valence electrons. The minimum atomic E-state index is -7.93. The molecule has 0 aromatic carbocycles. The first-order valence-corrected chi connectivity index (χ1v) is 8.97. The molecule has 1 atom stereocenters. The monoisotopic (exact) mass is 630 g/mol. The minimum Gasteiger partial charge on any atom is -0.457 e. The van der Waals surface area contributed by atoms with Crippen molar-refractivity contribution in [2.45, 2.75) is 66.3 Å². The molecule has 0 aliphatic carbocycles. The third-order valence-electron chi connectivity index (χ3n) is 4.33. The molecule has 0 heterocycles. The van der Waals surface area contributed by atoms with E-state index in [1.165, 1.54) is 0 Å². The first kappa shape index (κ1) is 36.8. The van der Waals surface area contributed by atoms with Gasteiger partial charge in [0.25, 0.3) is 0 Å². The normalized spacial score (nSPS) is 16.2. The van der Waals surface area contributed by atoms with E-state index in [1.807, 2.05) is 0 Å². The van der Waals surface area contributed by atoms with Crippen molar-refractivity contribution < 1.29 is 102 Å². The van der Waals surface area contributed by atoms with Crippen LogP contribution < -0.4 is 0 Å². The maximum Gasteiger partial charge on any atom is 0.460 e. The largest absolute Gasteiger partial charge is 0.460 e. The van der Waals surface area contributed by atoms with Crippen LogP contribution in [0.25, 0.3) is 0 Å². The van der Waals surface area contributed by atoms with Gasteiger partial charge in [-0.2, -0.15) is 87.8 Å². The standard InChI is InChI=1S/C16H10F20O3/c1-2-7(37)39-6(3-8(17,18)10(21,22)13(27,28)15(31,32)33)4-38-5-9(19,20)11(23,24)12(25,26)14(29,30)16(34,35)36/h2,6H,1,3-5H2. The van der Waals surface area contributed by atoms with Crippen LogP contribution in [0, 0.1) is 0 Å². The van der Waals surface area contributed by atoms with Crippen molar-refractivity contribution in [1.82, 2.24) is 0 Å². The van der Waals surface area contributed by atoms with E-state index in [9.17, 15) is 92.6 Å². The Labute approximate surface area is 201 Å². The van der Waals surface area contributed by atoms with Crippen molar-refractivity contribution in [2.75, 3.05) is 13.2 Å². The molecule has 0 aromatic rings. The second-order valence-electron chi connectivity index (χ2n) is 7.26. The lowest BCUT2D eigenvalue weighted by atomic mass is 9.98. The van der Waals surface area contributed by atoms with E-state index in [0.29, 0.717) is 0 Å². The summed E-state index contributed by atoms with van der Waals surface area (Å²) in [4.78, 5) is 11.1. The Hall–Kier alpha value is -2.23. The number of hydrogen-bond donors (Lipinski definition) is 0. The lowest BCUT2D eigenvalue weighted by Gasteiger charge is -2.37. The molecule has 0 saturated heterocycles. The van der Waals surface area contributed by atoms with Gasteiger partial charge in [-0.3, -0.25) is 0 Å². The van der Waals surface area contributed by atoms with Gasteiger partial charge in [0.15, 0.2) is 0 Å². The number of alkyl halides is 20. The predicted molar refractivity (Wildman–Crippen MR) is 82.3 cm³/mol. The number of halogens is 20. The highest BCUT2D eigenvalue weighted by Crippen LogP contribution is 2.57. The first-order chi connectivity index (χ1) is 16.8. The minimum absolute atomic E-state index is 0.0594.